The van der Waals surface area contributed by atoms with E-state index >= 15 is 0 Å². The van der Waals surface area contributed by atoms with Crippen LogP contribution < -0.4 is 16.0 Å². The van der Waals surface area contributed by atoms with Crippen molar-refractivity contribution >= 4 is 17.5 Å². The molecule has 5 nitrogen and oxygen atoms in total. The van der Waals surface area contributed by atoms with Gasteiger partial charge in [-0.3, -0.25) is 9.59 Å². The van der Waals surface area contributed by atoms with Crippen LogP contribution in [-0.2, 0) is 4.79 Å². The lowest BCUT2D eigenvalue weighted by Gasteiger charge is -2.17. The van der Waals surface area contributed by atoms with E-state index in [4.69, 9.17) is 0 Å². The molecule has 3 rings (SSSR count). The number of rotatable bonds is 4. The van der Waals surface area contributed by atoms with Gasteiger partial charge in [-0.05, 0) is 43.9 Å². The summed E-state index contributed by atoms with van der Waals surface area (Å²) in [6.07, 6.45) is 3.09. The fraction of sp³-hybridized carbons (Fsp3) is 0.500. The molecule has 2 atom stereocenters. The third-order valence-corrected chi connectivity index (χ3v) is 4.16. The van der Waals surface area contributed by atoms with Gasteiger partial charge in [-0.25, -0.2) is 0 Å². The minimum Gasteiger partial charge on any atom is -0.349 e. The maximum atomic E-state index is 12.3. The normalized spacial score (nSPS) is 24.6. The maximum absolute atomic E-state index is 12.3. The van der Waals surface area contributed by atoms with Gasteiger partial charge in [0.15, 0.2) is 0 Å². The Labute approximate surface area is 124 Å². The van der Waals surface area contributed by atoms with E-state index in [1.807, 2.05) is 12.1 Å². The summed E-state index contributed by atoms with van der Waals surface area (Å²) in [5.74, 6) is 0.143. The first-order chi connectivity index (χ1) is 10.1. The molecule has 1 saturated heterocycles. The van der Waals surface area contributed by atoms with Gasteiger partial charge in [-0.1, -0.05) is 19.1 Å². The van der Waals surface area contributed by atoms with Gasteiger partial charge in [-0.2, -0.15) is 0 Å². The van der Waals surface area contributed by atoms with Crippen molar-refractivity contribution in [1.82, 2.24) is 10.6 Å². The highest BCUT2D eigenvalue weighted by atomic mass is 16.2. The zero-order valence-electron chi connectivity index (χ0n) is 12.2. The molecule has 1 aromatic carbocycles. The summed E-state index contributed by atoms with van der Waals surface area (Å²) in [7, 11) is 0. The fourth-order valence-corrected chi connectivity index (χ4v) is 2.68. The summed E-state index contributed by atoms with van der Waals surface area (Å²) in [6.45, 7) is 2.93. The molecule has 1 aliphatic carbocycles. The number of benzene rings is 1. The second kappa shape index (κ2) is 5.85. The van der Waals surface area contributed by atoms with E-state index in [1.165, 1.54) is 0 Å². The molecule has 2 amide bonds. The Hall–Kier alpha value is -1.88. The van der Waals surface area contributed by atoms with Crippen LogP contribution in [0.15, 0.2) is 24.3 Å². The number of carbonyl (C=O) groups is 2. The van der Waals surface area contributed by atoms with E-state index in [-0.39, 0.29) is 17.9 Å². The Morgan fingerprint density at radius 2 is 1.95 bits per heavy atom. The summed E-state index contributed by atoms with van der Waals surface area (Å²) >= 11 is 0. The number of nitrogens with one attached hydrogen (secondary N) is 3. The van der Waals surface area contributed by atoms with E-state index in [2.05, 4.69) is 22.9 Å². The molecule has 21 heavy (non-hydrogen) atoms. The maximum Gasteiger partial charge on any atom is 0.253 e. The number of amides is 2. The van der Waals surface area contributed by atoms with Crippen LogP contribution >= 0.6 is 0 Å². The second-order valence-corrected chi connectivity index (χ2v) is 5.98. The van der Waals surface area contributed by atoms with Gasteiger partial charge in [0.25, 0.3) is 5.91 Å². The average Bonchev–Trinajstić information content (AvgIpc) is 3.17. The molecule has 2 aliphatic rings. The SMILES string of the molecule is CC1CCNC1C(=O)Nc1ccccc1C(=O)NC1CC1. The van der Waals surface area contributed by atoms with Crippen LogP contribution in [0.3, 0.4) is 0 Å². The zero-order chi connectivity index (χ0) is 14.8. The summed E-state index contributed by atoms with van der Waals surface area (Å²) in [5.41, 5.74) is 1.12. The summed E-state index contributed by atoms with van der Waals surface area (Å²) in [4.78, 5) is 24.5. The fourth-order valence-electron chi connectivity index (χ4n) is 2.68. The van der Waals surface area contributed by atoms with Crippen molar-refractivity contribution in [1.29, 1.82) is 0 Å². The lowest BCUT2D eigenvalue weighted by molar-refractivity contribution is -0.118. The van der Waals surface area contributed by atoms with Crippen molar-refractivity contribution in [3.8, 4) is 0 Å². The van der Waals surface area contributed by atoms with Gasteiger partial charge in [0.1, 0.15) is 0 Å². The highest BCUT2D eigenvalue weighted by molar-refractivity contribution is 6.05. The molecular weight excluding hydrogens is 266 g/mol. The molecule has 1 saturated carbocycles. The minimum atomic E-state index is -0.176. The predicted molar refractivity (Wildman–Crippen MR) is 81.1 cm³/mol. The van der Waals surface area contributed by atoms with Gasteiger partial charge in [0, 0.05) is 6.04 Å². The third kappa shape index (κ3) is 3.24. The van der Waals surface area contributed by atoms with E-state index in [9.17, 15) is 9.59 Å². The number of carbonyl (C=O) groups excluding carboxylic acids is 2. The summed E-state index contributed by atoms with van der Waals surface area (Å²) in [5, 5.41) is 9.06. The molecule has 0 bridgehead atoms. The summed E-state index contributed by atoms with van der Waals surface area (Å²) < 4.78 is 0. The molecule has 3 N–H and O–H groups in total. The van der Waals surface area contributed by atoms with Crippen molar-refractivity contribution in [2.24, 2.45) is 5.92 Å². The Bertz CT molecular complexity index is 554. The molecule has 5 heteroatoms. The molecule has 112 valence electrons. The van der Waals surface area contributed by atoms with Crippen LogP contribution in [0.2, 0.25) is 0 Å². The lowest BCUT2D eigenvalue weighted by atomic mass is 10.0. The molecule has 0 radical (unpaired) electrons. The van der Waals surface area contributed by atoms with Crippen molar-refractivity contribution in [2.75, 3.05) is 11.9 Å². The van der Waals surface area contributed by atoms with Crippen molar-refractivity contribution in [2.45, 2.75) is 38.3 Å². The number of para-hydroxylation sites is 1. The molecule has 0 spiro atoms. The molecule has 1 heterocycles. The van der Waals surface area contributed by atoms with Crippen molar-refractivity contribution in [3.05, 3.63) is 29.8 Å². The standard InChI is InChI=1S/C16H21N3O2/c1-10-8-9-17-14(10)16(21)19-13-5-3-2-4-12(13)15(20)18-11-6-7-11/h2-5,10-11,14,17H,6-9H2,1H3,(H,18,20)(H,19,21). The minimum absolute atomic E-state index is 0.0633. The van der Waals surface area contributed by atoms with Gasteiger partial charge < -0.3 is 16.0 Å². The van der Waals surface area contributed by atoms with E-state index < -0.39 is 0 Å². The zero-order valence-corrected chi connectivity index (χ0v) is 12.2. The van der Waals surface area contributed by atoms with Crippen LogP contribution in [0.1, 0.15) is 36.5 Å². The van der Waals surface area contributed by atoms with E-state index in [0.717, 1.165) is 25.8 Å². The second-order valence-electron chi connectivity index (χ2n) is 5.98. The molecular formula is C16H21N3O2. The molecule has 2 fully saturated rings. The largest absolute Gasteiger partial charge is 0.349 e. The van der Waals surface area contributed by atoms with Crippen LogP contribution in [0.4, 0.5) is 5.69 Å². The van der Waals surface area contributed by atoms with Gasteiger partial charge >= 0.3 is 0 Å². The van der Waals surface area contributed by atoms with E-state index in [0.29, 0.717) is 23.2 Å². The monoisotopic (exact) mass is 287 g/mol. The lowest BCUT2D eigenvalue weighted by Crippen LogP contribution is -2.39. The number of hydrogen-bond donors (Lipinski definition) is 3. The van der Waals surface area contributed by atoms with Crippen molar-refractivity contribution < 1.29 is 9.59 Å². The molecule has 0 aromatic heterocycles. The molecule has 1 aliphatic heterocycles. The Morgan fingerprint density at radius 3 is 2.62 bits per heavy atom. The van der Waals surface area contributed by atoms with Crippen LogP contribution in [0, 0.1) is 5.92 Å². The van der Waals surface area contributed by atoms with Crippen molar-refractivity contribution in [3.63, 3.8) is 0 Å². The van der Waals surface area contributed by atoms with Crippen LogP contribution in [-0.4, -0.2) is 30.4 Å². The first-order valence-corrected chi connectivity index (χ1v) is 7.59. The Morgan fingerprint density at radius 1 is 1.19 bits per heavy atom. The first-order valence-electron chi connectivity index (χ1n) is 7.59. The quantitative estimate of drug-likeness (QED) is 0.786. The Balaban J connectivity index is 1.72. The first kappa shape index (κ1) is 14.1. The van der Waals surface area contributed by atoms with E-state index in [1.54, 1.807) is 12.1 Å². The average molecular weight is 287 g/mol. The predicted octanol–water partition coefficient (Wildman–Crippen LogP) is 1.52. The third-order valence-electron chi connectivity index (χ3n) is 4.16. The van der Waals surface area contributed by atoms with Gasteiger partial charge in [0.2, 0.25) is 5.91 Å². The molecule has 1 aromatic rings. The van der Waals surface area contributed by atoms with Gasteiger partial charge in [0.05, 0.1) is 17.3 Å². The summed E-state index contributed by atoms with van der Waals surface area (Å²) in [6, 6.07) is 7.29. The smallest absolute Gasteiger partial charge is 0.253 e. The Kier molecular flexibility index (Phi) is 3.92. The van der Waals surface area contributed by atoms with Gasteiger partial charge in [-0.15, -0.1) is 0 Å². The van der Waals surface area contributed by atoms with Crippen LogP contribution in [0.25, 0.3) is 0 Å². The molecule has 2 unspecified atom stereocenters. The number of hydrogen-bond acceptors (Lipinski definition) is 3. The highest BCUT2D eigenvalue weighted by Gasteiger charge is 2.30. The topological polar surface area (TPSA) is 70.2 Å². The van der Waals surface area contributed by atoms with Crippen LogP contribution in [0.5, 0.6) is 0 Å². The number of anilines is 1. The highest BCUT2D eigenvalue weighted by Crippen LogP contribution is 2.22.